The fourth-order valence-corrected chi connectivity index (χ4v) is 2.44. The standard InChI is InChI=1S/C14H16F3NO/c15-14(16,17)8-3-6-13(19)11-7-9-18-12-5-2-1-4-10(11)12/h1-2,4-5,11,18H,3,6-9H2. The normalized spacial score (nSPS) is 18.6. The van der Waals surface area contributed by atoms with Crippen LogP contribution in [0.3, 0.4) is 0 Å². The summed E-state index contributed by atoms with van der Waals surface area (Å²) in [6.45, 7) is 0.687. The van der Waals surface area contributed by atoms with Gasteiger partial charge in [0.05, 0.1) is 0 Å². The highest BCUT2D eigenvalue weighted by molar-refractivity contribution is 5.88. The highest BCUT2D eigenvalue weighted by Crippen LogP contribution is 2.33. The van der Waals surface area contributed by atoms with Gasteiger partial charge in [0.25, 0.3) is 0 Å². The van der Waals surface area contributed by atoms with Gasteiger partial charge in [-0.1, -0.05) is 18.2 Å². The fourth-order valence-electron chi connectivity index (χ4n) is 2.44. The first-order valence-electron chi connectivity index (χ1n) is 6.39. The maximum Gasteiger partial charge on any atom is 0.389 e. The molecule has 0 aromatic heterocycles. The molecule has 1 aromatic rings. The molecule has 0 amide bonds. The molecule has 104 valence electrons. The Morgan fingerprint density at radius 1 is 1.32 bits per heavy atom. The van der Waals surface area contributed by atoms with E-state index in [1.54, 1.807) is 0 Å². The van der Waals surface area contributed by atoms with E-state index in [1.807, 2.05) is 24.3 Å². The number of nitrogens with one attached hydrogen (secondary N) is 1. The van der Waals surface area contributed by atoms with Crippen molar-refractivity contribution in [3.05, 3.63) is 29.8 Å². The molecule has 1 aliphatic rings. The van der Waals surface area contributed by atoms with Crippen molar-refractivity contribution in [2.75, 3.05) is 11.9 Å². The van der Waals surface area contributed by atoms with Gasteiger partial charge in [-0.3, -0.25) is 4.79 Å². The number of fused-ring (bicyclic) bond motifs is 1. The topological polar surface area (TPSA) is 29.1 Å². The first-order chi connectivity index (χ1) is 8.97. The molecule has 2 nitrogen and oxygen atoms in total. The number of Topliss-reactive ketones (excluding diaryl/α,β-unsaturated/α-hetero) is 1. The van der Waals surface area contributed by atoms with E-state index in [4.69, 9.17) is 0 Å². The zero-order valence-electron chi connectivity index (χ0n) is 10.5. The summed E-state index contributed by atoms with van der Waals surface area (Å²) >= 11 is 0. The lowest BCUT2D eigenvalue weighted by molar-refractivity contribution is -0.137. The Balaban J connectivity index is 1.97. The van der Waals surface area contributed by atoms with Crippen molar-refractivity contribution in [1.29, 1.82) is 0 Å². The van der Waals surface area contributed by atoms with Gasteiger partial charge < -0.3 is 5.32 Å². The molecule has 1 N–H and O–H groups in total. The van der Waals surface area contributed by atoms with Crippen LogP contribution in [0.4, 0.5) is 18.9 Å². The van der Waals surface area contributed by atoms with Crippen molar-refractivity contribution in [2.24, 2.45) is 0 Å². The molecule has 1 aromatic carbocycles. The molecule has 0 radical (unpaired) electrons. The third-order valence-corrected chi connectivity index (χ3v) is 3.36. The molecule has 5 heteroatoms. The van der Waals surface area contributed by atoms with E-state index >= 15 is 0 Å². The number of para-hydroxylation sites is 1. The zero-order chi connectivity index (χ0) is 13.9. The van der Waals surface area contributed by atoms with Gasteiger partial charge in [0.2, 0.25) is 0 Å². The van der Waals surface area contributed by atoms with Crippen LogP contribution in [0.5, 0.6) is 0 Å². The molecule has 19 heavy (non-hydrogen) atoms. The number of alkyl halides is 3. The molecule has 1 unspecified atom stereocenters. The van der Waals surface area contributed by atoms with Crippen LogP contribution >= 0.6 is 0 Å². The van der Waals surface area contributed by atoms with Gasteiger partial charge in [-0.25, -0.2) is 0 Å². The van der Waals surface area contributed by atoms with Gasteiger partial charge in [0.15, 0.2) is 0 Å². The zero-order valence-corrected chi connectivity index (χ0v) is 10.5. The van der Waals surface area contributed by atoms with E-state index < -0.39 is 12.6 Å². The number of anilines is 1. The van der Waals surface area contributed by atoms with Crippen molar-refractivity contribution in [1.82, 2.24) is 0 Å². The Morgan fingerprint density at radius 3 is 2.79 bits per heavy atom. The molecule has 1 atom stereocenters. The molecule has 0 fully saturated rings. The number of carbonyl (C=O) groups is 1. The van der Waals surface area contributed by atoms with Crippen LogP contribution in [-0.4, -0.2) is 18.5 Å². The van der Waals surface area contributed by atoms with Gasteiger partial charge in [0, 0.05) is 31.0 Å². The smallest absolute Gasteiger partial charge is 0.385 e. The molecule has 0 bridgehead atoms. The second kappa shape index (κ2) is 5.63. The van der Waals surface area contributed by atoms with Crippen LogP contribution in [0.1, 0.15) is 37.2 Å². The third kappa shape index (κ3) is 3.72. The molecule has 2 rings (SSSR count). The molecule has 0 saturated heterocycles. The van der Waals surface area contributed by atoms with Crippen LogP contribution in [0.15, 0.2) is 24.3 Å². The summed E-state index contributed by atoms with van der Waals surface area (Å²) < 4.78 is 36.2. The van der Waals surface area contributed by atoms with Crippen molar-refractivity contribution in [3.8, 4) is 0 Å². The second-order valence-electron chi connectivity index (χ2n) is 4.79. The lowest BCUT2D eigenvalue weighted by atomic mass is 9.86. The van der Waals surface area contributed by atoms with Crippen LogP contribution in [-0.2, 0) is 4.79 Å². The summed E-state index contributed by atoms with van der Waals surface area (Å²) in [7, 11) is 0. The first kappa shape index (κ1) is 13.9. The molecular weight excluding hydrogens is 255 g/mol. The number of hydrogen-bond acceptors (Lipinski definition) is 2. The number of carbonyl (C=O) groups excluding carboxylic acids is 1. The molecule has 1 aliphatic heterocycles. The van der Waals surface area contributed by atoms with E-state index in [-0.39, 0.29) is 24.5 Å². The summed E-state index contributed by atoms with van der Waals surface area (Å²) in [5.74, 6) is -0.344. The summed E-state index contributed by atoms with van der Waals surface area (Å²) in [6.07, 6.45) is -4.52. The van der Waals surface area contributed by atoms with Gasteiger partial charge >= 0.3 is 6.18 Å². The summed E-state index contributed by atoms with van der Waals surface area (Å²) in [6, 6.07) is 7.49. The van der Waals surface area contributed by atoms with Gasteiger partial charge in [-0.2, -0.15) is 13.2 Å². The van der Waals surface area contributed by atoms with E-state index in [0.29, 0.717) is 13.0 Å². The predicted octanol–water partition coefficient (Wildman–Crippen LogP) is 3.89. The van der Waals surface area contributed by atoms with Gasteiger partial charge in [0.1, 0.15) is 5.78 Å². The second-order valence-corrected chi connectivity index (χ2v) is 4.79. The molecular formula is C14H16F3NO. The lowest BCUT2D eigenvalue weighted by Gasteiger charge is -2.25. The quantitative estimate of drug-likeness (QED) is 0.900. The summed E-state index contributed by atoms with van der Waals surface area (Å²) in [4.78, 5) is 12.1. The Morgan fingerprint density at radius 2 is 2.05 bits per heavy atom. The average Bonchev–Trinajstić information content (AvgIpc) is 2.36. The lowest BCUT2D eigenvalue weighted by Crippen LogP contribution is -2.23. The Hall–Kier alpha value is -1.52. The van der Waals surface area contributed by atoms with Crippen LogP contribution in [0, 0.1) is 0 Å². The summed E-state index contributed by atoms with van der Waals surface area (Å²) in [5, 5.41) is 3.20. The van der Waals surface area contributed by atoms with E-state index in [0.717, 1.165) is 11.3 Å². The minimum atomic E-state index is -4.17. The van der Waals surface area contributed by atoms with E-state index in [1.165, 1.54) is 0 Å². The maximum atomic E-state index is 12.1. The third-order valence-electron chi connectivity index (χ3n) is 3.36. The Bertz CT molecular complexity index is 456. The van der Waals surface area contributed by atoms with Crippen molar-refractivity contribution >= 4 is 11.5 Å². The van der Waals surface area contributed by atoms with Gasteiger partial charge in [-0.05, 0) is 24.5 Å². The largest absolute Gasteiger partial charge is 0.389 e. The monoisotopic (exact) mass is 271 g/mol. The number of ketones is 1. The number of benzene rings is 1. The minimum absolute atomic E-state index is 0.00148. The Kier molecular flexibility index (Phi) is 4.12. The van der Waals surface area contributed by atoms with Crippen molar-refractivity contribution in [3.63, 3.8) is 0 Å². The Labute approximate surface area is 110 Å². The molecule has 0 saturated carbocycles. The van der Waals surface area contributed by atoms with Crippen LogP contribution in [0.2, 0.25) is 0 Å². The molecule has 1 heterocycles. The van der Waals surface area contributed by atoms with E-state index in [9.17, 15) is 18.0 Å². The predicted molar refractivity (Wildman–Crippen MR) is 67.2 cm³/mol. The van der Waals surface area contributed by atoms with Gasteiger partial charge in [-0.15, -0.1) is 0 Å². The fraction of sp³-hybridized carbons (Fsp3) is 0.500. The van der Waals surface area contributed by atoms with Crippen molar-refractivity contribution in [2.45, 2.75) is 37.8 Å². The SMILES string of the molecule is O=C(CCCC(F)(F)F)C1CCNc2ccccc21. The number of rotatable bonds is 4. The van der Waals surface area contributed by atoms with Crippen molar-refractivity contribution < 1.29 is 18.0 Å². The highest BCUT2D eigenvalue weighted by atomic mass is 19.4. The van der Waals surface area contributed by atoms with Crippen LogP contribution < -0.4 is 5.32 Å². The maximum absolute atomic E-state index is 12.1. The number of halogens is 3. The first-order valence-corrected chi connectivity index (χ1v) is 6.39. The highest BCUT2D eigenvalue weighted by Gasteiger charge is 2.29. The molecule has 0 spiro atoms. The minimum Gasteiger partial charge on any atom is -0.385 e. The summed E-state index contributed by atoms with van der Waals surface area (Å²) in [5.41, 5.74) is 1.83. The number of hydrogen-bond donors (Lipinski definition) is 1. The van der Waals surface area contributed by atoms with Crippen LogP contribution in [0.25, 0.3) is 0 Å². The average molecular weight is 271 g/mol. The molecule has 0 aliphatic carbocycles. The van der Waals surface area contributed by atoms with E-state index in [2.05, 4.69) is 5.32 Å².